The number of aryl methyl sites for hydroxylation is 1. The van der Waals surface area contributed by atoms with Gasteiger partial charge in [-0.15, -0.1) is 0 Å². The molecule has 0 spiro atoms. The molecule has 6 heteroatoms. The fourth-order valence-corrected chi connectivity index (χ4v) is 2.26. The van der Waals surface area contributed by atoms with Crippen molar-refractivity contribution in [2.24, 2.45) is 11.7 Å². The van der Waals surface area contributed by atoms with Gasteiger partial charge in [0.2, 0.25) is 0 Å². The van der Waals surface area contributed by atoms with Crippen LogP contribution in [0.2, 0.25) is 5.02 Å². The summed E-state index contributed by atoms with van der Waals surface area (Å²) in [6.07, 6.45) is 2.11. The summed E-state index contributed by atoms with van der Waals surface area (Å²) in [6.45, 7) is 1.90. The SMILES string of the molecule is Cc1ccc(NC(=O)NC(C(N)=S)C2CC2)cc1Cl. The monoisotopic (exact) mass is 297 g/mol. The number of nitrogens with one attached hydrogen (secondary N) is 2. The Morgan fingerprint density at radius 1 is 1.53 bits per heavy atom. The Morgan fingerprint density at radius 3 is 2.74 bits per heavy atom. The predicted octanol–water partition coefficient (Wildman–Crippen LogP) is 2.83. The van der Waals surface area contributed by atoms with Crippen molar-refractivity contribution in [3.05, 3.63) is 28.8 Å². The normalized spacial score (nSPS) is 15.7. The van der Waals surface area contributed by atoms with E-state index in [1.807, 2.05) is 13.0 Å². The molecule has 4 nitrogen and oxygen atoms in total. The van der Waals surface area contributed by atoms with E-state index in [1.165, 1.54) is 0 Å². The molecule has 0 radical (unpaired) electrons. The third-order valence-electron chi connectivity index (χ3n) is 3.12. The average Bonchev–Trinajstić information content (AvgIpc) is 3.14. The van der Waals surface area contributed by atoms with Crippen LogP contribution in [0.15, 0.2) is 18.2 Å². The van der Waals surface area contributed by atoms with Crippen molar-refractivity contribution in [2.45, 2.75) is 25.8 Å². The Bertz CT molecular complexity index is 517. The molecule has 2 amide bonds. The molecule has 0 heterocycles. The summed E-state index contributed by atoms with van der Waals surface area (Å²) in [5.41, 5.74) is 7.24. The molecule has 4 N–H and O–H groups in total. The third kappa shape index (κ3) is 3.81. The van der Waals surface area contributed by atoms with Gasteiger partial charge in [0.1, 0.15) is 0 Å². The Labute approximate surface area is 122 Å². The first-order valence-electron chi connectivity index (χ1n) is 6.10. The fourth-order valence-electron chi connectivity index (χ4n) is 1.83. The lowest BCUT2D eigenvalue weighted by molar-refractivity contribution is 0.250. The zero-order valence-electron chi connectivity index (χ0n) is 10.6. The lowest BCUT2D eigenvalue weighted by atomic mass is 10.2. The maximum Gasteiger partial charge on any atom is 0.319 e. The van der Waals surface area contributed by atoms with Gasteiger partial charge < -0.3 is 16.4 Å². The number of carbonyl (C=O) groups is 1. The number of amides is 2. The fraction of sp³-hybridized carbons (Fsp3) is 0.385. The van der Waals surface area contributed by atoms with Gasteiger partial charge in [0, 0.05) is 10.7 Å². The number of anilines is 1. The molecule has 1 saturated carbocycles. The molecule has 1 aromatic rings. The van der Waals surface area contributed by atoms with Crippen molar-refractivity contribution in [1.82, 2.24) is 5.32 Å². The molecule has 1 aromatic carbocycles. The minimum absolute atomic E-state index is 0.226. The highest BCUT2D eigenvalue weighted by atomic mass is 35.5. The first-order chi connectivity index (χ1) is 8.97. The lowest BCUT2D eigenvalue weighted by Gasteiger charge is -2.17. The minimum Gasteiger partial charge on any atom is -0.392 e. The molecular weight excluding hydrogens is 282 g/mol. The van der Waals surface area contributed by atoms with Crippen molar-refractivity contribution in [3.63, 3.8) is 0 Å². The molecule has 0 saturated heterocycles. The Morgan fingerprint density at radius 2 is 2.21 bits per heavy atom. The zero-order valence-corrected chi connectivity index (χ0v) is 12.1. The van der Waals surface area contributed by atoms with Gasteiger partial charge in [0.25, 0.3) is 0 Å². The van der Waals surface area contributed by atoms with Crippen LogP contribution in [0.3, 0.4) is 0 Å². The van der Waals surface area contributed by atoms with Crippen molar-refractivity contribution < 1.29 is 4.79 Å². The number of halogens is 1. The van der Waals surface area contributed by atoms with E-state index in [0.29, 0.717) is 21.6 Å². The molecule has 0 bridgehead atoms. The molecule has 0 aromatic heterocycles. The van der Waals surface area contributed by atoms with E-state index in [2.05, 4.69) is 10.6 Å². The highest BCUT2D eigenvalue weighted by molar-refractivity contribution is 7.80. The highest BCUT2D eigenvalue weighted by Gasteiger charge is 2.34. The summed E-state index contributed by atoms with van der Waals surface area (Å²) in [6, 6.07) is 4.82. The van der Waals surface area contributed by atoms with Crippen molar-refractivity contribution >= 4 is 40.5 Å². The first kappa shape index (κ1) is 14.1. The molecular formula is C13H16ClN3OS. The van der Waals surface area contributed by atoms with Gasteiger partial charge in [-0.05, 0) is 43.4 Å². The van der Waals surface area contributed by atoms with Gasteiger partial charge in [0.05, 0.1) is 11.0 Å². The highest BCUT2D eigenvalue weighted by Crippen LogP contribution is 2.32. The van der Waals surface area contributed by atoms with Crippen LogP contribution in [-0.2, 0) is 0 Å². The second-order valence-corrected chi connectivity index (χ2v) is 5.66. The zero-order chi connectivity index (χ0) is 14.0. The van der Waals surface area contributed by atoms with E-state index in [0.717, 1.165) is 18.4 Å². The summed E-state index contributed by atoms with van der Waals surface area (Å²) in [5.74, 6) is 0.379. The number of benzene rings is 1. The van der Waals surface area contributed by atoms with Crippen LogP contribution in [-0.4, -0.2) is 17.1 Å². The average molecular weight is 298 g/mol. The Hall–Kier alpha value is -1.33. The van der Waals surface area contributed by atoms with Crippen molar-refractivity contribution in [2.75, 3.05) is 5.32 Å². The number of rotatable bonds is 4. The molecule has 1 atom stereocenters. The van der Waals surface area contributed by atoms with Crippen molar-refractivity contribution in [3.8, 4) is 0 Å². The van der Waals surface area contributed by atoms with Crippen LogP contribution in [0.5, 0.6) is 0 Å². The molecule has 1 fully saturated rings. The van der Waals surface area contributed by atoms with Gasteiger partial charge in [-0.2, -0.15) is 0 Å². The number of urea groups is 1. The standard InChI is InChI=1S/C13H16ClN3OS/c1-7-2-5-9(6-10(7)14)16-13(18)17-11(12(15)19)8-3-4-8/h2,5-6,8,11H,3-4H2,1H3,(H2,15,19)(H2,16,17,18). The summed E-state index contributed by atoms with van der Waals surface area (Å²) in [5, 5.41) is 6.15. The second kappa shape index (κ2) is 5.75. The number of hydrogen-bond acceptors (Lipinski definition) is 2. The first-order valence-corrected chi connectivity index (χ1v) is 6.89. The number of hydrogen-bond donors (Lipinski definition) is 3. The number of carbonyl (C=O) groups excluding carboxylic acids is 1. The van der Waals surface area contributed by atoms with E-state index in [1.54, 1.807) is 12.1 Å². The summed E-state index contributed by atoms with van der Waals surface area (Å²) < 4.78 is 0. The van der Waals surface area contributed by atoms with Crippen LogP contribution in [0.25, 0.3) is 0 Å². The Kier molecular flexibility index (Phi) is 4.27. The van der Waals surface area contributed by atoms with Gasteiger partial charge in [0.15, 0.2) is 0 Å². The van der Waals surface area contributed by atoms with Crippen molar-refractivity contribution in [1.29, 1.82) is 0 Å². The number of nitrogens with two attached hydrogens (primary N) is 1. The molecule has 1 aliphatic carbocycles. The van der Waals surface area contributed by atoms with Gasteiger partial charge >= 0.3 is 6.03 Å². The molecule has 102 valence electrons. The van der Waals surface area contributed by atoms with Crippen LogP contribution >= 0.6 is 23.8 Å². The Balaban J connectivity index is 1.96. The maximum absolute atomic E-state index is 11.9. The van der Waals surface area contributed by atoms with Crippen LogP contribution < -0.4 is 16.4 Å². The van der Waals surface area contributed by atoms with E-state index < -0.39 is 0 Å². The van der Waals surface area contributed by atoms with Gasteiger partial charge in [-0.1, -0.05) is 29.9 Å². The quantitative estimate of drug-likeness (QED) is 0.749. The molecule has 2 rings (SSSR count). The van der Waals surface area contributed by atoms with E-state index in [-0.39, 0.29) is 12.1 Å². The number of thiocarbonyl (C=S) groups is 1. The minimum atomic E-state index is -0.315. The lowest BCUT2D eigenvalue weighted by Crippen LogP contribution is -2.46. The predicted molar refractivity (Wildman–Crippen MR) is 81.6 cm³/mol. The summed E-state index contributed by atoms with van der Waals surface area (Å²) in [7, 11) is 0. The third-order valence-corrected chi connectivity index (χ3v) is 3.78. The van der Waals surface area contributed by atoms with E-state index in [9.17, 15) is 4.79 Å². The molecule has 19 heavy (non-hydrogen) atoms. The topological polar surface area (TPSA) is 67.2 Å². The second-order valence-electron chi connectivity index (χ2n) is 4.78. The summed E-state index contributed by atoms with van der Waals surface area (Å²) in [4.78, 5) is 12.2. The molecule has 1 aliphatic rings. The largest absolute Gasteiger partial charge is 0.392 e. The maximum atomic E-state index is 11.9. The summed E-state index contributed by atoms with van der Waals surface area (Å²) >= 11 is 11.0. The molecule has 0 aliphatic heterocycles. The van der Waals surface area contributed by atoms with Gasteiger partial charge in [-0.3, -0.25) is 0 Å². The smallest absolute Gasteiger partial charge is 0.319 e. The van der Waals surface area contributed by atoms with Crippen LogP contribution in [0.4, 0.5) is 10.5 Å². The van der Waals surface area contributed by atoms with Crippen LogP contribution in [0, 0.1) is 12.8 Å². The van der Waals surface area contributed by atoms with E-state index in [4.69, 9.17) is 29.6 Å². The molecule has 1 unspecified atom stereocenters. The van der Waals surface area contributed by atoms with E-state index >= 15 is 0 Å². The van der Waals surface area contributed by atoms with Gasteiger partial charge in [-0.25, -0.2) is 4.79 Å². The van der Waals surface area contributed by atoms with Crippen LogP contribution in [0.1, 0.15) is 18.4 Å².